The van der Waals surface area contributed by atoms with Gasteiger partial charge in [-0.3, -0.25) is 19.0 Å². The first kappa shape index (κ1) is 33.9. The van der Waals surface area contributed by atoms with Crippen molar-refractivity contribution in [2.75, 3.05) is 19.3 Å². The minimum atomic E-state index is -4.02. The molecule has 0 unspecified atom stereocenters. The molecule has 2 aromatic carbocycles. The number of hydrogen-bond acceptors (Lipinski definition) is 5. The van der Waals surface area contributed by atoms with Crippen LogP contribution in [0.3, 0.4) is 0 Å². The van der Waals surface area contributed by atoms with Crippen molar-refractivity contribution in [1.82, 2.24) is 9.62 Å². The predicted molar refractivity (Wildman–Crippen MR) is 144 cm³/mol. The van der Waals surface area contributed by atoms with Crippen LogP contribution in [0, 0.1) is 13.2 Å². The van der Waals surface area contributed by atoms with Gasteiger partial charge in [0.15, 0.2) is 0 Å². The molecule has 0 fully saturated rings. The molecule has 10 heteroatoms. The Morgan fingerprint density at radius 1 is 0.816 bits per heavy atom. The van der Waals surface area contributed by atoms with Crippen LogP contribution in [-0.2, 0) is 28.8 Å². The third-order valence-corrected chi connectivity index (χ3v) is 8.50. The number of rotatable bonds is 15. The van der Waals surface area contributed by atoms with E-state index in [0.29, 0.717) is 29.1 Å². The van der Waals surface area contributed by atoms with Crippen molar-refractivity contribution >= 4 is 21.3 Å². The fraction of sp³-hybridized carbons (Fsp3) is 0.464. The number of fused-ring (bicyclic) bond motifs is 1. The predicted octanol–water partition coefficient (Wildman–Crippen LogP) is 5.50. The summed E-state index contributed by atoms with van der Waals surface area (Å²) in [4.78, 5) is 26.4. The van der Waals surface area contributed by atoms with E-state index in [1.807, 2.05) is 0 Å². The number of hydrogen-bond donors (Lipinski definition) is 3. The molecule has 1 heterocycles. The summed E-state index contributed by atoms with van der Waals surface area (Å²) in [5.74, 6) is -0.324. The molecule has 8 nitrogen and oxygen atoms in total. The maximum absolute atomic E-state index is 12.8. The topological polar surface area (TPSA) is 124 Å². The normalized spacial score (nSPS) is 13.5. The fourth-order valence-electron chi connectivity index (χ4n) is 4.32. The van der Waals surface area contributed by atoms with Gasteiger partial charge in [-0.25, -0.2) is 11.8 Å². The van der Waals surface area contributed by atoms with E-state index in [1.165, 1.54) is 36.8 Å². The molecular formula is C28H40N2NiO6S-2. The van der Waals surface area contributed by atoms with Crippen LogP contribution in [0.1, 0.15) is 84.9 Å². The summed E-state index contributed by atoms with van der Waals surface area (Å²) in [6.45, 7) is 1.01. The number of aliphatic hydroxyl groups excluding tert-OH is 1. The molecule has 0 aromatic heterocycles. The summed E-state index contributed by atoms with van der Waals surface area (Å²) in [5, 5.41) is 6.75. The third kappa shape index (κ3) is 10.6. The van der Waals surface area contributed by atoms with Gasteiger partial charge < -0.3 is 5.11 Å². The van der Waals surface area contributed by atoms with Crippen LogP contribution in [0.2, 0.25) is 0 Å². The molecule has 0 saturated heterocycles. The van der Waals surface area contributed by atoms with Crippen LogP contribution >= 0.6 is 0 Å². The quantitative estimate of drug-likeness (QED) is 0.109. The van der Waals surface area contributed by atoms with Crippen molar-refractivity contribution in [3.8, 4) is 0 Å². The van der Waals surface area contributed by atoms with Crippen LogP contribution in [0.4, 0.5) is 0 Å². The molecule has 38 heavy (non-hydrogen) atoms. The van der Waals surface area contributed by atoms with Gasteiger partial charge in [-0.15, -0.1) is 15.6 Å². The molecular weight excluding hydrogens is 551 g/mol. The zero-order valence-corrected chi connectivity index (χ0v) is 23.8. The molecule has 0 bridgehead atoms. The Morgan fingerprint density at radius 3 is 1.74 bits per heavy atom. The van der Waals surface area contributed by atoms with Gasteiger partial charge in [0, 0.05) is 19.3 Å². The fourth-order valence-corrected chi connectivity index (χ4v) is 5.84. The van der Waals surface area contributed by atoms with Crippen molar-refractivity contribution in [2.24, 2.45) is 0 Å². The Bertz CT molecular complexity index is 1030. The number of amides is 2. The van der Waals surface area contributed by atoms with Crippen LogP contribution < -0.4 is 4.72 Å². The third-order valence-electron chi connectivity index (χ3n) is 6.33. The molecule has 216 valence electrons. The van der Waals surface area contributed by atoms with E-state index in [1.54, 1.807) is 48.5 Å². The Kier molecular flexibility index (Phi) is 15.6. The first-order valence-electron chi connectivity index (χ1n) is 12.8. The number of carbonyl (C=O) groups is 2. The van der Waals surface area contributed by atoms with Crippen LogP contribution in [0.5, 0.6) is 0 Å². The Morgan fingerprint density at radius 2 is 1.26 bits per heavy atom. The second-order valence-corrected chi connectivity index (χ2v) is 12.5. The summed E-state index contributed by atoms with van der Waals surface area (Å²) in [6, 6.07) is 16.7. The average Bonchev–Trinajstić information content (AvgIpc) is 3.18. The van der Waals surface area contributed by atoms with Gasteiger partial charge in [0.1, 0.15) is 0 Å². The first-order valence-corrected chi connectivity index (χ1v) is 15.5. The first-order chi connectivity index (χ1) is 18.3. The van der Waals surface area contributed by atoms with Crippen LogP contribution in [-0.4, -0.2) is 49.9 Å². The summed E-state index contributed by atoms with van der Waals surface area (Å²) in [7, 11) is -1.77. The van der Waals surface area contributed by atoms with Gasteiger partial charge in [-0.05, 0) is 29.9 Å². The number of aliphatic hydroxyl groups is 1. The van der Waals surface area contributed by atoms with E-state index in [-0.39, 0.29) is 11.8 Å². The van der Waals surface area contributed by atoms with E-state index >= 15 is 0 Å². The minimum absolute atomic E-state index is 0.162. The molecule has 2 aromatic rings. The van der Waals surface area contributed by atoms with E-state index in [9.17, 15) is 18.4 Å². The molecule has 0 atom stereocenters. The molecule has 0 aliphatic carbocycles. The molecule has 3 N–H and O–H groups in total. The Hall–Kier alpha value is -2.10. The number of unbranched alkanes of at least 4 members (excludes halogenated alkanes) is 9. The molecule has 1 aliphatic heterocycles. The number of nitrogens with zero attached hydrogens (tertiary/aromatic N) is 1. The molecule has 0 spiro atoms. The summed E-state index contributed by atoms with van der Waals surface area (Å²) < 4.78 is 34.0. The Labute approximate surface area is 234 Å². The molecule has 0 saturated carbocycles. The van der Waals surface area contributed by atoms with Crippen molar-refractivity contribution in [3.63, 3.8) is 0 Å². The number of benzene rings is 2. The summed E-state index contributed by atoms with van der Waals surface area (Å²) in [6.07, 6.45) is 12.1. The molecule has 1 aliphatic rings. The van der Waals surface area contributed by atoms with Gasteiger partial charge in [0.25, 0.3) is 11.8 Å². The van der Waals surface area contributed by atoms with E-state index in [4.69, 9.17) is 9.00 Å². The second-order valence-electron chi connectivity index (χ2n) is 9.25. The zero-order valence-electron chi connectivity index (χ0n) is 22.0. The monoisotopic (exact) mass is 590 g/mol. The van der Waals surface area contributed by atoms with Crippen molar-refractivity contribution in [2.45, 2.75) is 69.1 Å². The van der Waals surface area contributed by atoms with E-state index < -0.39 is 9.53 Å². The van der Waals surface area contributed by atoms with Gasteiger partial charge in [-0.2, -0.15) is 28.5 Å². The standard InChI is InChI=1S/C27H37N2O4S.CH3O.Ni.O/c1-34(32,33,23-17-11-10-12-18-23)28-21-15-8-6-4-2-3-5-7-9-16-22-29-26(30)24-19-13-14-20-25(24)27(29)31;1-2;;/h10-14,17,19-20H,2-9,15-16,21-22H2,1H3,(H2,28,32,33);2H,1H2;;/q2*-1;;. The van der Waals surface area contributed by atoms with Crippen molar-refractivity contribution in [3.05, 3.63) is 72.8 Å². The average molecular weight is 591 g/mol. The van der Waals surface area contributed by atoms with Gasteiger partial charge >= 0.3 is 19.3 Å². The van der Waals surface area contributed by atoms with Gasteiger partial charge in [0.2, 0.25) is 0 Å². The van der Waals surface area contributed by atoms with Crippen molar-refractivity contribution < 1.29 is 42.7 Å². The second kappa shape index (κ2) is 17.5. The van der Waals surface area contributed by atoms with Crippen LogP contribution in [0.25, 0.3) is 0 Å². The zero-order chi connectivity index (χ0) is 28.5. The molecule has 0 radical (unpaired) electrons. The van der Waals surface area contributed by atoms with E-state index in [0.717, 1.165) is 38.5 Å². The maximum atomic E-state index is 12.8. The Balaban J connectivity index is 0.00000172. The number of nitrogens with one attached hydrogen (secondary N) is 1. The summed E-state index contributed by atoms with van der Waals surface area (Å²) in [5.41, 5.74) is 1.05. The van der Waals surface area contributed by atoms with Crippen molar-refractivity contribution in [1.29, 1.82) is 0 Å². The summed E-state index contributed by atoms with van der Waals surface area (Å²) >= 11 is 2.62. The number of carbonyl (C=O) groups excluding carboxylic acids is 2. The van der Waals surface area contributed by atoms with E-state index in [2.05, 4.69) is 33.3 Å². The molecule has 3 rings (SSSR count). The van der Waals surface area contributed by atoms with Gasteiger partial charge in [0.05, 0.1) is 11.1 Å². The van der Waals surface area contributed by atoms with Crippen LogP contribution in [0.15, 0.2) is 53.4 Å². The SMILES string of the molecule is CS(=O)(O)(NCCCCCCCCCCCCN1C(=O)c2ccccc2C1=O)c1[c-]cccc1.[CH2-]O.[O]=[Ni]. The van der Waals surface area contributed by atoms with Gasteiger partial charge in [-0.1, -0.05) is 63.5 Å². The molecule has 2 amide bonds. The number of imide groups is 1.